The summed E-state index contributed by atoms with van der Waals surface area (Å²) >= 11 is 3.28. The van der Waals surface area contributed by atoms with Gasteiger partial charge in [-0.3, -0.25) is 0 Å². The van der Waals surface area contributed by atoms with E-state index in [1.54, 1.807) is 22.5 Å². The van der Waals surface area contributed by atoms with Crippen molar-refractivity contribution in [1.82, 2.24) is 4.31 Å². The molecule has 19 heavy (non-hydrogen) atoms. The molecule has 2 N–H and O–H groups in total. The molecule has 1 aromatic rings. The molecule has 1 aromatic carbocycles. The molecule has 106 valence electrons. The Morgan fingerprint density at radius 2 is 1.84 bits per heavy atom. The Hall–Kier alpha value is -0.590. The summed E-state index contributed by atoms with van der Waals surface area (Å²) in [6.45, 7) is 3.94. The van der Waals surface area contributed by atoms with Crippen LogP contribution in [-0.2, 0) is 10.0 Å². The first kappa shape index (κ1) is 14.8. The summed E-state index contributed by atoms with van der Waals surface area (Å²) < 4.78 is 27.7. The Morgan fingerprint density at radius 1 is 1.26 bits per heavy atom. The van der Waals surface area contributed by atoms with Crippen molar-refractivity contribution in [3.63, 3.8) is 0 Å². The lowest BCUT2D eigenvalue weighted by Crippen LogP contribution is -2.47. The highest BCUT2D eigenvalue weighted by Gasteiger charge is 2.35. The molecule has 0 spiro atoms. The van der Waals surface area contributed by atoms with Crippen molar-refractivity contribution in [2.45, 2.75) is 50.1 Å². The third-order valence-electron chi connectivity index (χ3n) is 3.66. The molecule has 0 bridgehead atoms. The van der Waals surface area contributed by atoms with Gasteiger partial charge in [-0.2, -0.15) is 4.31 Å². The summed E-state index contributed by atoms with van der Waals surface area (Å²) in [5, 5.41) is 0. The zero-order chi connectivity index (χ0) is 14.2. The van der Waals surface area contributed by atoms with E-state index in [2.05, 4.69) is 15.9 Å². The molecule has 0 radical (unpaired) electrons. The molecular formula is C13H19BrN2O2S. The molecule has 0 aromatic heterocycles. The molecule has 2 rings (SSSR count). The van der Waals surface area contributed by atoms with Gasteiger partial charge in [0, 0.05) is 22.2 Å². The number of nitrogen functional groups attached to an aromatic ring is 1. The molecule has 0 saturated carbocycles. The summed E-state index contributed by atoms with van der Waals surface area (Å²) in [5.74, 6) is 0. The van der Waals surface area contributed by atoms with Crippen LogP contribution in [0.25, 0.3) is 0 Å². The fourth-order valence-corrected chi connectivity index (χ4v) is 5.10. The third kappa shape index (κ3) is 2.80. The molecule has 4 nitrogen and oxygen atoms in total. The maximum Gasteiger partial charge on any atom is 0.243 e. The van der Waals surface area contributed by atoms with Gasteiger partial charge in [0.2, 0.25) is 10.0 Å². The van der Waals surface area contributed by atoms with Gasteiger partial charge in [0.15, 0.2) is 0 Å². The second-order valence-corrected chi connectivity index (χ2v) is 7.84. The topological polar surface area (TPSA) is 63.4 Å². The minimum Gasteiger partial charge on any atom is -0.398 e. The third-order valence-corrected chi connectivity index (χ3v) is 6.47. The second kappa shape index (κ2) is 5.42. The van der Waals surface area contributed by atoms with Crippen molar-refractivity contribution in [3.05, 3.63) is 22.7 Å². The summed E-state index contributed by atoms with van der Waals surface area (Å²) in [5.41, 5.74) is 6.25. The van der Waals surface area contributed by atoms with E-state index < -0.39 is 10.0 Å². The van der Waals surface area contributed by atoms with Crippen LogP contribution in [-0.4, -0.2) is 24.8 Å². The molecule has 0 amide bonds. The summed E-state index contributed by atoms with van der Waals surface area (Å²) in [6, 6.07) is 4.87. The van der Waals surface area contributed by atoms with Gasteiger partial charge in [-0.05, 0) is 60.8 Å². The molecular weight excluding hydrogens is 328 g/mol. The first-order valence-electron chi connectivity index (χ1n) is 6.42. The standard InChI is InChI=1S/C13H19BrN2O2S/c1-9-4-3-5-10(2)16(9)19(17,18)11-6-7-13(15)12(14)8-11/h6-10H,3-5,15H2,1-2H3/t9-,10+. The normalized spacial score (nSPS) is 25.4. The molecule has 6 heteroatoms. The monoisotopic (exact) mass is 346 g/mol. The number of hydrogen-bond donors (Lipinski definition) is 1. The van der Waals surface area contributed by atoms with Crippen LogP contribution in [0.2, 0.25) is 0 Å². The maximum atomic E-state index is 12.7. The van der Waals surface area contributed by atoms with Crippen molar-refractivity contribution in [2.75, 3.05) is 5.73 Å². The minimum atomic E-state index is -3.45. The number of piperidine rings is 1. The molecule has 1 saturated heterocycles. The van der Waals surface area contributed by atoms with Gasteiger partial charge in [-0.25, -0.2) is 8.42 Å². The molecule has 2 atom stereocenters. The van der Waals surface area contributed by atoms with E-state index in [1.165, 1.54) is 0 Å². The quantitative estimate of drug-likeness (QED) is 0.837. The zero-order valence-electron chi connectivity index (χ0n) is 11.1. The predicted octanol–water partition coefficient (Wildman–Crippen LogP) is 2.98. The van der Waals surface area contributed by atoms with Crippen molar-refractivity contribution in [3.8, 4) is 0 Å². The number of nitrogens with two attached hydrogens (primary N) is 1. The molecule has 1 aliphatic heterocycles. The minimum absolute atomic E-state index is 0.0464. The lowest BCUT2D eigenvalue weighted by Gasteiger charge is -2.37. The Kier molecular flexibility index (Phi) is 4.23. The number of nitrogens with zero attached hydrogens (tertiary/aromatic N) is 1. The van der Waals surface area contributed by atoms with Gasteiger partial charge >= 0.3 is 0 Å². The first-order valence-corrected chi connectivity index (χ1v) is 8.66. The van der Waals surface area contributed by atoms with Crippen molar-refractivity contribution < 1.29 is 8.42 Å². The Bertz CT molecular complexity index is 564. The van der Waals surface area contributed by atoms with E-state index in [0.717, 1.165) is 19.3 Å². The Morgan fingerprint density at radius 3 is 2.37 bits per heavy atom. The first-order chi connectivity index (χ1) is 8.84. The van der Waals surface area contributed by atoms with E-state index >= 15 is 0 Å². The van der Waals surface area contributed by atoms with Crippen LogP contribution in [0.1, 0.15) is 33.1 Å². The van der Waals surface area contributed by atoms with E-state index in [9.17, 15) is 8.42 Å². The van der Waals surface area contributed by atoms with Gasteiger partial charge < -0.3 is 5.73 Å². The number of halogens is 1. The molecule has 1 heterocycles. The number of benzene rings is 1. The Labute approximate surface area is 123 Å². The fourth-order valence-electron chi connectivity index (χ4n) is 2.66. The van der Waals surface area contributed by atoms with Crippen molar-refractivity contribution in [2.24, 2.45) is 0 Å². The highest BCUT2D eigenvalue weighted by Crippen LogP contribution is 2.31. The lowest BCUT2D eigenvalue weighted by atomic mass is 10.0. The molecule has 0 unspecified atom stereocenters. The van der Waals surface area contributed by atoms with Crippen LogP contribution < -0.4 is 5.73 Å². The number of hydrogen-bond acceptors (Lipinski definition) is 3. The van der Waals surface area contributed by atoms with E-state index in [-0.39, 0.29) is 12.1 Å². The van der Waals surface area contributed by atoms with Gasteiger partial charge in [0.25, 0.3) is 0 Å². The number of anilines is 1. The van der Waals surface area contributed by atoms with Gasteiger partial charge in [0.05, 0.1) is 4.90 Å². The number of rotatable bonds is 2. The van der Waals surface area contributed by atoms with E-state index in [0.29, 0.717) is 15.1 Å². The molecule has 1 fully saturated rings. The average molecular weight is 347 g/mol. The highest BCUT2D eigenvalue weighted by molar-refractivity contribution is 9.10. The van der Waals surface area contributed by atoms with Gasteiger partial charge in [-0.15, -0.1) is 0 Å². The van der Waals surface area contributed by atoms with Crippen LogP contribution in [0.15, 0.2) is 27.6 Å². The lowest BCUT2D eigenvalue weighted by molar-refractivity contribution is 0.204. The maximum absolute atomic E-state index is 12.7. The fraction of sp³-hybridized carbons (Fsp3) is 0.538. The summed E-state index contributed by atoms with van der Waals surface area (Å²) in [4.78, 5) is 0.300. The van der Waals surface area contributed by atoms with E-state index in [1.807, 2.05) is 13.8 Å². The average Bonchev–Trinajstić information content (AvgIpc) is 2.32. The Balaban J connectivity index is 2.43. The molecule has 1 aliphatic rings. The SMILES string of the molecule is C[C@@H]1CCC[C@H](C)N1S(=O)(=O)c1ccc(N)c(Br)c1. The van der Waals surface area contributed by atoms with Crippen LogP contribution in [0, 0.1) is 0 Å². The van der Waals surface area contributed by atoms with Crippen molar-refractivity contribution >= 4 is 31.6 Å². The predicted molar refractivity (Wildman–Crippen MR) is 80.4 cm³/mol. The summed E-state index contributed by atoms with van der Waals surface area (Å²) in [6.07, 6.45) is 2.92. The number of sulfonamides is 1. The van der Waals surface area contributed by atoms with Crippen LogP contribution in [0.3, 0.4) is 0 Å². The second-order valence-electron chi connectivity index (χ2n) is 5.15. The van der Waals surface area contributed by atoms with Crippen molar-refractivity contribution in [1.29, 1.82) is 0 Å². The highest BCUT2D eigenvalue weighted by atomic mass is 79.9. The van der Waals surface area contributed by atoms with Crippen LogP contribution in [0.5, 0.6) is 0 Å². The van der Waals surface area contributed by atoms with Crippen LogP contribution >= 0.6 is 15.9 Å². The summed E-state index contributed by atoms with van der Waals surface area (Å²) in [7, 11) is -3.45. The van der Waals surface area contributed by atoms with Crippen LogP contribution in [0.4, 0.5) is 5.69 Å². The van der Waals surface area contributed by atoms with Gasteiger partial charge in [0.1, 0.15) is 0 Å². The smallest absolute Gasteiger partial charge is 0.243 e. The molecule has 0 aliphatic carbocycles. The van der Waals surface area contributed by atoms with E-state index in [4.69, 9.17) is 5.73 Å². The van der Waals surface area contributed by atoms with Gasteiger partial charge in [-0.1, -0.05) is 6.42 Å². The largest absolute Gasteiger partial charge is 0.398 e. The zero-order valence-corrected chi connectivity index (χ0v) is 13.5.